The molecular weight excluding hydrogens is 264 g/mol. The lowest BCUT2D eigenvalue weighted by atomic mass is 10.3. The van der Waals surface area contributed by atoms with Gasteiger partial charge in [0.1, 0.15) is 0 Å². The fraction of sp³-hybridized carbons (Fsp3) is 0.133. The smallest absolute Gasteiger partial charge is 0.251 e. The van der Waals surface area contributed by atoms with E-state index in [0.717, 1.165) is 9.79 Å². The van der Waals surface area contributed by atoms with Crippen LogP contribution in [0, 0.1) is 0 Å². The second kappa shape index (κ2) is 6.48. The third kappa shape index (κ3) is 3.89. The fourth-order valence-corrected chi connectivity index (χ4v) is 2.40. The Morgan fingerprint density at radius 3 is 2.32 bits per heavy atom. The molecule has 98 valence electrons. The largest absolute Gasteiger partial charge is 0.276 e. The molecule has 0 unspecified atom stereocenters. The Morgan fingerprint density at radius 2 is 1.63 bits per heavy atom. The van der Waals surface area contributed by atoms with E-state index in [9.17, 15) is 8.78 Å². The van der Waals surface area contributed by atoms with Gasteiger partial charge in [-0.1, -0.05) is 42.1 Å². The van der Waals surface area contributed by atoms with Crippen LogP contribution in [0.1, 0.15) is 6.92 Å². The molecule has 0 spiro atoms. The van der Waals surface area contributed by atoms with Crippen LogP contribution in [-0.4, -0.2) is 12.1 Å². The van der Waals surface area contributed by atoms with Gasteiger partial charge in [-0.3, -0.25) is 4.99 Å². The number of para-hydroxylation sites is 1. The zero-order valence-electron chi connectivity index (χ0n) is 10.4. The van der Waals surface area contributed by atoms with Crippen LogP contribution >= 0.6 is 11.8 Å². The minimum atomic E-state index is -2.52. The van der Waals surface area contributed by atoms with Crippen LogP contribution in [0.4, 0.5) is 14.5 Å². The summed E-state index contributed by atoms with van der Waals surface area (Å²) < 4.78 is 25.1. The number of hydrogen-bond acceptors (Lipinski definition) is 2. The normalized spacial score (nSPS) is 11.9. The van der Waals surface area contributed by atoms with E-state index in [1.807, 2.05) is 42.5 Å². The molecule has 0 atom stereocenters. The molecule has 0 amide bonds. The predicted molar refractivity (Wildman–Crippen MR) is 75.8 cm³/mol. The molecule has 0 fully saturated rings. The Balaban J connectivity index is 2.29. The molecule has 0 N–H and O–H groups in total. The first-order valence-electron chi connectivity index (χ1n) is 5.82. The molecule has 0 bridgehead atoms. The first-order valence-corrected chi connectivity index (χ1v) is 6.64. The number of hydrogen-bond donors (Lipinski definition) is 0. The summed E-state index contributed by atoms with van der Waals surface area (Å²) in [7, 11) is 0. The molecule has 0 saturated heterocycles. The molecule has 2 rings (SSSR count). The Hall–Kier alpha value is -1.68. The van der Waals surface area contributed by atoms with Gasteiger partial charge in [-0.15, -0.1) is 0 Å². The van der Waals surface area contributed by atoms with E-state index in [1.165, 1.54) is 18.7 Å². The van der Waals surface area contributed by atoms with E-state index in [2.05, 4.69) is 4.99 Å². The molecule has 0 aliphatic carbocycles. The van der Waals surface area contributed by atoms with Crippen molar-refractivity contribution in [2.24, 2.45) is 4.99 Å². The minimum absolute atomic E-state index is 0.166. The first kappa shape index (κ1) is 13.7. The van der Waals surface area contributed by atoms with Gasteiger partial charge in [-0.05, 0) is 31.2 Å². The van der Waals surface area contributed by atoms with Crippen LogP contribution in [-0.2, 0) is 0 Å². The molecule has 0 heterocycles. The first-order chi connectivity index (χ1) is 9.16. The summed E-state index contributed by atoms with van der Waals surface area (Å²) in [5.41, 5.74) is 0.412. The van der Waals surface area contributed by atoms with Gasteiger partial charge < -0.3 is 0 Å². The summed E-state index contributed by atoms with van der Waals surface area (Å²) in [6.45, 7) is 1.34. The molecule has 2 aromatic rings. The lowest BCUT2D eigenvalue weighted by Gasteiger charge is -2.06. The highest BCUT2D eigenvalue weighted by molar-refractivity contribution is 7.99. The van der Waals surface area contributed by atoms with Crippen LogP contribution < -0.4 is 0 Å². The minimum Gasteiger partial charge on any atom is -0.251 e. The summed E-state index contributed by atoms with van der Waals surface area (Å²) in [5, 5.41) is 0. The van der Waals surface area contributed by atoms with Crippen molar-refractivity contribution in [3.63, 3.8) is 0 Å². The topological polar surface area (TPSA) is 12.4 Å². The predicted octanol–water partition coefficient (Wildman–Crippen LogP) is 5.20. The molecule has 0 aliphatic rings. The van der Waals surface area contributed by atoms with Crippen molar-refractivity contribution in [1.82, 2.24) is 0 Å². The molecule has 1 nitrogen and oxygen atoms in total. The van der Waals surface area contributed by atoms with Crippen molar-refractivity contribution in [3.05, 3.63) is 54.6 Å². The van der Waals surface area contributed by atoms with Gasteiger partial charge in [0.25, 0.3) is 6.43 Å². The molecule has 0 aliphatic heterocycles. The van der Waals surface area contributed by atoms with Gasteiger partial charge in [-0.25, -0.2) is 8.78 Å². The highest BCUT2D eigenvalue weighted by Gasteiger charge is 2.09. The summed E-state index contributed by atoms with van der Waals surface area (Å²) >= 11 is 1.52. The van der Waals surface area contributed by atoms with Crippen LogP contribution in [0.25, 0.3) is 0 Å². The second-order valence-corrected chi connectivity index (χ2v) is 5.05. The second-order valence-electron chi connectivity index (χ2n) is 3.94. The van der Waals surface area contributed by atoms with Gasteiger partial charge in [0.15, 0.2) is 0 Å². The zero-order chi connectivity index (χ0) is 13.7. The van der Waals surface area contributed by atoms with Gasteiger partial charge in [0.05, 0.1) is 11.4 Å². The van der Waals surface area contributed by atoms with Crippen molar-refractivity contribution in [2.75, 3.05) is 0 Å². The maximum atomic E-state index is 12.5. The summed E-state index contributed by atoms with van der Waals surface area (Å²) in [5.74, 6) is 0. The fourth-order valence-electron chi connectivity index (χ4n) is 1.49. The van der Waals surface area contributed by atoms with E-state index >= 15 is 0 Å². The third-order valence-corrected chi connectivity index (χ3v) is 3.52. The Bertz CT molecular complexity index is 567. The maximum Gasteiger partial charge on any atom is 0.276 e. The maximum absolute atomic E-state index is 12.5. The van der Waals surface area contributed by atoms with Crippen LogP contribution in [0.5, 0.6) is 0 Å². The lowest BCUT2D eigenvalue weighted by molar-refractivity contribution is 0.225. The van der Waals surface area contributed by atoms with Crippen molar-refractivity contribution >= 4 is 23.2 Å². The molecule has 2 aromatic carbocycles. The average Bonchev–Trinajstić information content (AvgIpc) is 2.42. The summed E-state index contributed by atoms with van der Waals surface area (Å²) in [4.78, 5) is 5.93. The Labute approximate surface area is 115 Å². The summed E-state index contributed by atoms with van der Waals surface area (Å²) in [6.07, 6.45) is -2.52. The molecule has 0 aromatic heterocycles. The molecule has 4 heteroatoms. The Morgan fingerprint density at radius 1 is 1.00 bits per heavy atom. The van der Waals surface area contributed by atoms with E-state index in [4.69, 9.17) is 0 Å². The van der Waals surface area contributed by atoms with Crippen molar-refractivity contribution in [2.45, 2.75) is 23.1 Å². The van der Waals surface area contributed by atoms with Crippen LogP contribution in [0.3, 0.4) is 0 Å². The van der Waals surface area contributed by atoms with E-state index < -0.39 is 6.43 Å². The van der Waals surface area contributed by atoms with E-state index in [-0.39, 0.29) is 5.71 Å². The molecular formula is C15H13F2NS. The summed E-state index contributed by atoms with van der Waals surface area (Å²) in [6, 6.07) is 17.1. The number of rotatable bonds is 4. The highest BCUT2D eigenvalue weighted by atomic mass is 32.2. The van der Waals surface area contributed by atoms with Crippen LogP contribution in [0.2, 0.25) is 0 Å². The molecule has 0 radical (unpaired) electrons. The van der Waals surface area contributed by atoms with Crippen molar-refractivity contribution < 1.29 is 8.78 Å². The van der Waals surface area contributed by atoms with Crippen molar-refractivity contribution in [1.29, 1.82) is 0 Å². The monoisotopic (exact) mass is 277 g/mol. The lowest BCUT2D eigenvalue weighted by Crippen LogP contribution is -2.03. The average molecular weight is 277 g/mol. The molecule has 19 heavy (non-hydrogen) atoms. The van der Waals surface area contributed by atoms with Gasteiger partial charge in [0, 0.05) is 9.79 Å². The van der Waals surface area contributed by atoms with E-state index in [1.54, 1.807) is 12.1 Å². The van der Waals surface area contributed by atoms with Gasteiger partial charge in [-0.2, -0.15) is 0 Å². The quantitative estimate of drug-likeness (QED) is 0.700. The number of nitrogens with zero attached hydrogens (tertiary/aromatic N) is 1. The zero-order valence-corrected chi connectivity index (χ0v) is 11.2. The SMILES string of the molecule is CC(=Nc1ccccc1Sc1ccccc1)C(F)F. The molecule has 0 saturated carbocycles. The standard InChI is InChI=1S/C15H13F2NS/c1-11(15(16)17)18-13-9-5-6-10-14(13)19-12-7-3-2-4-8-12/h2-10,15H,1H3. The van der Waals surface area contributed by atoms with Crippen molar-refractivity contribution in [3.8, 4) is 0 Å². The number of benzene rings is 2. The highest BCUT2D eigenvalue weighted by Crippen LogP contribution is 2.34. The van der Waals surface area contributed by atoms with E-state index in [0.29, 0.717) is 5.69 Å². The number of halogens is 2. The third-order valence-electron chi connectivity index (χ3n) is 2.45. The van der Waals surface area contributed by atoms with Crippen LogP contribution in [0.15, 0.2) is 69.4 Å². The van der Waals surface area contributed by atoms with Gasteiger partial charge >= 0.3 is 0 Å². The number of aliphatic imine (C=N–C) groups is 1. The number of alkyl halides is 2. The Kier molecular flexibility index (Phi) is 4.68. The van der Waals surface area contributed by atoms with Gasteiger partial charge in [0.2, 0.25) is 0 Å².